The highest BCUT2D eigenvalue weighted by Crippen LogP contribution is 2.20. The molecule has 2 N–H and O–H groups in total. The molecule has 1 heterocycles. The van der Waals surface area contributed by atoms with Crippen LogP contribution >= 0.6 is 15.9 Å². The zero-order chi connectivity index (χ0) is 18.5. The van der Waals surface area contributed by atoms with Gasteiger partial charge in [0.1, 0.15) is 12.1 Å². The van der Waals surface area contributed by atoms with Crippen LogP contribution in [0, 0.1) is 6.92 Å². The van der Waals surface area contributed by atoms with Gasteiger partial charge in [-0.05, 0) is 36.8 Å². The Bertz CT molecular complexity index is 954. The minimum Gasteiger partial charge on any atom is -0.354 e. The summed E-state index contributed by atoms with van der Waals surface area (Å²) in [5.41, 5.74) is 3.27. The van der Waals surface area contributed by atoms with Gasteiger partial charge in [0.15, 0.2) is 0 Å². The number of hydrogen-bond acceptors (Lipinski definition) is 4. The van der Waals surface area contributed by atoms with Gasteiger partial charge in [0, 0.05) is 23.1 Å². The highest BCUT2D eigenvalue weighted by atomic mass is 79.9. The maximum absolute atomic E-state index is 12.1. The highest BCUT2D eigenvalue weighted by Gasteiger charge is 2.10. The molecule has 0 aliphatic carbocycles. The van der Waals surface area contributed by atoms with E-state index in [4.69, 9.17) is 0 Å². The summed E-state index contributed by atoms with van der Waals surface area (Å²) in [7, 11) is 0. The Labute approximate surface area is 158 Å². The lowest BCUT2D eigenvalue weighted by atomic mass is 10.2. The van der Waals surface area contributed by atoms with E-state index in [9.17, 15) is 9.59 Å². The fourth-order valence-electron chi connectivity index (χ4n) is 2.48. The SMILES string of the molecule is Cc1ccc(Br)cc1NC(=O)CCNC(=O)Cn1nnc2ccccc21. The summed E-state index contributed by atoms with van der Waals surface area (Å²) in [6, 6.07) is 13.1. The first-order valence-corrected chi connectivity index (χ1v) is 8.93. The molecular formula is C18H18BrN5O2. The van der Waals surface area contributed by atoms with Crippen molar-refractivity contribution >= 4 is 44.5 Å². The second-order valence-corrected chi connectivity index (χ2v) is 6.76. The maximum Gasteiger partial charge on any atom is 0.241 e. The highest BCUT2D eigenvalue weighted by molar-refractivity contribution is 9.10. The van der Waals surface area contributed by atoms with Crippen LogP contribution in [-0.2, 0) is 16.1 Å². The summed E-state index contributed by atoms with van der Waals surface area (Å²) < 4.78 is 2.43. The predicted molar refractivity (Wildman–Crippen MR) is 103 cm³/mol. The monoisotopic (exact) mass is 415 g/mol. The number of fused-ring (bicyclic) bond motifs is 1. The number of amides is 2. The molecule has 1 aromatic heterocycles. The van der Waals surface area contributed by atoms with Gasteiger partial charge < -0.3 is 10.6 Å². The van der Waals surface area contributed by atoms with E-state index in [2.05, 4.69) is 36.9 Å². The van der Waals surface area contributed by atoms with Crippen LogP contribution in [0.15, 0.2) is 46.9 Å². The number of rotatable bonds is 6. The fourth-order valence-corrected chi connectivity index (χ4v) is 2.84. The molecule has 3 rings (SSSR count). The lowest BCUT2D eigenvalue weighted by Gasteiger charge is -2.09. The summed E-state index contributed by atoms with van der Waals surface area (Å²) in [5, 5.41) is 13.6. The molecule has 8 heteroatoms. The molecule has 0 saturated carbocycles. The predicted octanol–water partition coefficient (Wildman–Crippen LogP) is 2.65. The number of hydrogen-bond donors (Lipinski definition) is 2. The topological polar surface area (TPSA) is 88.9 Å². The molecule has 7 nitrogen and oxygen atoms in total. The number of aryl methyl sites for hydroxylation is 1. The molecule has 0 atom stereocenters. The minimum atomic E-state index is -0.216. The van der Waals surface area contributed by atoms with Gasteiger partial charge in [-0.15, -0.1) is 5.10 Å². The van der Waals surface area contributed by atoms with Crippen LogP contribution in [-0.4, -0.2) is 33.4 Å². The van der Waals surface area contributed by atoms with Gasteiger partial charge in [-0.3, -0.25) is 9.59 Å². The average Bonchev–Trinajstić information content (AvgIpc) is 3.01. The van der Waals surface area contributed by atoms with Crippen LogP contribution < -0.4 is 10.6 Å². The lowest BCUT2D eigenvalue weighted by molar-refractivity contribution is -0.122. The molecule has 0 aliphatic rings. The van der Waals surface area contributed by atoms with Gasteiger partial charge in [-0.2, -0.15) is 0 Å². The Hall–Kier alpha value is -2.74. The van der Waals surface area contributed by atoms with Crippen LogP contribution in [0.3, 0.4) is 0 Å². The number of aromatic nitrogens is 3. The fraction of sp³-hybridized carbons (Fsp3) is 0.222. The van der Waals surface area contributed by atoms with Gasteiger partial charge in [-0.25, -0.2) is 4.68 Å². The van der Waals surface area contributed by atoms with E-state index < -0.39 is 0 Å². The molecule has 0 unspecified atom stereocenters. The molecule has 0 aliphatic heterocycles. The van der Waals surface area contributed by atoms with Gasteiger partial charge in [0.2, 0.25) is 11.8 Å². The summed E-state index contributed by atoms with van der Waals surface area (Å²) in [6.07, 6.45) is 0.190. The first-order chi connectivity index (χ1) is 12.5. The van der Waals surface area contributed by atoms with Crippen LogP contribution in [0.4, 0.5) is 5.69 Å². The first kappa shape index (κ1) is 18.1. The number of benzene rings is 2. The summed E-state index contributed by atoms with van der Waals surface area (Å²) >= 11 is 3.38. The second-order valence-electron chi connectivity index (χ2n) is 5.84. The molecule has 134 valence electrons. The summed E-state index contributed by atoms with van der Waals surface area (Å²) in [4.78, 5) is 24.1. The zero-order valence-electron chi connectivity index (χ0n) is 14.2. The molecule has 3 aromatic rings. The zero-order valence-corrected chi connectivity index (χ0v) is 15.8. The molecule has 0 bridgehead atoms. The Morgan fingerprint density at radius 1 is 1.15 bits per heavy atom. The van der Waals surface area contributed by atoms with E-state index in [0.29, 0.717) is 0 Å². The van der Waals surface area contributed by atoms with E-state index in [1.807, 2.05) is 49.4 Å². The smallest absolute Gasteiger partial charge is 0.241 e. The Balaban J connectivity index is 1.47. The second kappa shape index (κ2) is 8.09. The molecule has 2 amide bonds. The molecule has 0 radical (unpaired) electrons. The van der Waals surface area contributed by atoms with E-state index in [1.54, 1.807) is 0 Å². The van der Waals surface area contributed by atoms with Gasteiger partial charge in [0.25, 0.3) is 0 Å². The van der Waals surface area contributed by atoms with Crippen LogP contribution in [0.5, 0.6) is 0 Å². The lowest BCUT2D eigenvalue weighted by Crippen LogP contribution is -2.31. The van der Waals surface area contributed by atoms with Crippen LogP contribution in [0.1, 0.15) is 12.0 Å². The third kappa shape index (κ3) is 4.45. The van der Waals surface area contributed by atoms with Crippen molar-refractivity contribution in [2.45, 2.75) is 19.9 Å². The molecule has 26 heavy (non-hydrogen) atoms. The van der Waals surface area contributed by atoms with Gasteiger partial charge in [0.05, 0.1) is 5.52 Å². The van der Waals surface area contributed by atoms with Crippen molar-refractivity contribution in [3.63, 3.8) is 0 Å². The quantitative estimate of drug-likeness (QED) is 0.647. The number of halogens is 1. The summed E-state index contributed by atoms with van der Waals surface area (Å²) in [6.45, 7) is 2.24. The Morgan fingerprint density at radius 2 is 1.96 bits per heavy atom. The van der Waals surface area contributed by atoms with Gasteiger partial charge in [-0.1, -0.05) is 39.3 Å². The van der Waals surface area contributed by atoms with Crippen molar-refractivity contribution in [2.75, 3.05) is 11.9 Å². The van der Waals surface area contributed by atoms with Gasteiger partial charge >= 0.3 is 0 Å². The van der Waals surface area contributed by atoms with E-state index in [0.717, 1.165) is 26.8 Å². The van der Waals surface area contributed by atoms with Crippen molar-refractivity contribution in [2.24, 2.45) is 0 Å². The number of nitrogens with zero attached hydrogens (tertiary/aromatic N) is 3. The molecule has 0 spiro atoms. The minimum absolute atomic E-state index is 0.0624. The molecule has 0 saturated heterocycles. The van der Waals surface area contributed by atoms with Crippen molar-refractivity contribution < 1.29 is 9.59 Å². The Morgan fingerprint density at radius 3 is 2.81 bits per heavy atom. The summed E-state index contributed by atoms with van der Waals surface area (Å²) in [5.74, 6) is -0.371. The van der Waals surface area contributed by atoms with Crippen LogP contribution in [0.2, 0.25) is 0 Å². The number of carbonyl (C=O) groups is 2. The van der Waals surface area contributed by atoms with E-state index in [1.165, 1.54) is 4.68 Å². The van der Waals surface area contributed by atoms with Crippen molar-refractivity contribution in [3.05, 3.63) is 52.5 Å². The molecule has 0 fully saturated rings. The van der Waals surface area contributed by atoms with Crippen molar-refractivity contribution in [1.82, 2.24) is 20.3 Å². The standard InChI is InChI=1S/C18H18BrN5O2/c1-12-6-7-13(19)10-15(12)21-17(25)8-9-20-18(26)11-24-16-5-3-2-4-14(16)22-23-24/h2-7,10H,8-9,11H2,1H3,(H,20,26)(H,21,25). The number of anilines is 1. The van der Waals surface area contributed by atoms with E-state index in [-0.39, 0.29) is 31.3 Å². The molecular weight excluding hydrogens is 398 g/mol. The third-order valence-electron chi connectivity index (χ3n) is 3.86. The van der Waals surface area contributed by atoms with Crippen molar-refractivity contribution in [3.8, 4) is 0 Å². The Kier molecular flexibility index (Phi) is 5.62. The van der Waals surface area contributed by atoms with Crippen LogP contribution in [0.25, 0.3) is 11.0 Å². The first-order valence-electron chi connectivity index (χ1n) is 8.14. The third-order valence-corrected chi connectivity index (χ3v) is 4.35. The maximum atomic E-state index is 12.1. The number of para-hydroxylation sites is 1. The molecule has 2 aromatic carbocycles. The largest absolute Gasteiger partial charge is 0.354 e. The normalized spacial score (nSPS) is 10.7. The van der Waals surface area contributed by atoms with Crippen molar-refractivity contribution in [1.29, 1.82) is 0 Å². The number of nitrogens with one attached hydrogen (secondary N) is 2. The van der Waals surface area contributed by atoms with E-state index >= 15 is 0 Å². The average molecular weight is 416 g/mol. The number of carbonyl (C=O) groups excluding carboxylic acids is 2.